The molecule has 0 unspecified atom stereocenters. The Kier molecular flexibility index (Phi) is 8.91. The summed E-state index contributed by atoms with van der Waals surface area (Å²) in [5.41, 5.74) is 10.5. The monoisotopic (exact) mass is 569 g/mol. The van der Waals surface area contributed by atoms with Crippen molar-refractivity contribution in [2.24, 2.45) is 10.1 Å². The van der Waals surface area contributed by atoms with E-state index in [4.69, 9.17) is 34.6 Å². The van der Waals surface area contributed by atoms with Gasteiger partial charge in [0.05, 0.1) is 13.2 Å². The topological polar surface area (TPSA) is 147 Å². The Morgan fingerprint density at radius 1 is 1.19 bits per heavy atom. The molecule has 2 aliphatic rings. The lowest BCUT2D eigenvalue weighted by Crippen LogP contribution is -2.48. The van der Waals surface area contributed by atoms with Crippen LogP contribution in [0.15, 0.2) is 89.5 Å². The second-order valence-corrected chi connectivity index (χ2v) is 9.74. The second-order valence-electron chi connectivity index (χ2n) is 9.74. The van der Waals surface area contributed by atoms with Gasteiger partial charge in [0.15, 0.2) is 23.1 Å². The molecule has 3 aromatic rings. The second kappa shape index (κ2) is 13.1. The van der Waals surface area contributed by atoms with Gasteiger partial charge in [-0.05, 0) is 58.6 Å². The van der Waals surface area contributed by atoms with Crippen molar-refractivity contribution in [1.82, 2.24) is 5.32 Å². The predicted octanol–water partition coefficient (Wildman–Crippen LogP) is 5.14. The van der Waals surface area contributed by atoms with Crippen molar-refractivity contribution in [1.29, 1.82) is 0 Å². The minimum atomic E-state index is -1.39. The third-order valence-electron chi connectivity index (χ3n) is 7.02. The third-order valence-corrected chi connectivity index (χ3v) is 7.02. The van der Waals surface area contributed by atoms with E-state index in [0.29, 0.717) is 47.3 Å². The maximum absolute atomic E-state index is 14.1. The van der Waals surface area contributed by atoms with Crippen molar-refractivity contribution in [3.8, 4) is 17.2 Å². The fourth-order valence-corrected chi connectivity index (χ4v) is 4.94. The van der Waals surface area contributed by atoms with Gasteiger partial charge < -0.3 is 29.4 Å². The number of azide groups is 1. The Balaban J connectivity index is 1.49. The molecule has 11 nitrogen and oxygen atoms in total. The number of nitrogens with zero attached hydrogens (tertiary/aromatic N) is 4. The lowest BCUT2D eigenvalue weighted by Gasteiger charge is -2.30. The smallest absolute Gasteiger partial charge is 0.252 e. The summed E-state index contributed by atoms with van der Waals surface area (Å²) in [6.07, 6.45) is 1.54. The summed E-state index contributed by atoms with van der Waals surface area (Å²) in [5, 5.41) is 15.8. The number of hydrogen-bond donors (Lipinski definition) is 2. The molecule has 42 heavy (non-hydrogen) atoms. The van der Waals surface area contributed by atoms with E-state index in [1.807, 2.05) is 54.6 Å². The van der Waals surface area contributed by atoms with Crippen LogP contribution in [-0.2, 0) is 22.6 Å². The van der Waals surface area contributed by atoms with Crippen LogP contribution < -0.4 is 19.5 Å². The van der Waals surface area contributed by atoms with Crippen LogP contribution in [0, 0.1) is 0 Å². The fraction of sp³-hybridized carbons (Fsp3) is 0.290. The van der Waals surface area contributed by atoms with Crippen LogP contribution in [0.25, 0.3) is 10.4 Å². The number of carbonyl (C=O) groups excluding carboxylic acids is 1. The van der Waals surface area contributed by atoms with Crippen molar-refractivity contribution in [2.75, 3.05) is 20.0 Å². The zero-order valence-electron chi connectivity index (χ0n) is 22.9. The third kappa shape index (κ3) is 6.02. The van der Waals surface area contributed by atoms with E-state index in [2.05, 4.69) is 21.9 Å². The molecule has 0 radical (unpaired) electrons. The normalized spacial score (nSPS) is 18.4. The van der Waals surface area contributed by atoms with Crippen LogP contribution in [0.5, 0.6) is 17.2 Å². The van der Waals surface area contributed by atoms with Crippen molar-refractivity contribution < 1.29 is 28.8 Å². The number of fused-ring (bicyclic) bond motifs is 1. The molecule has 2 heterocycles. The molecule has 0 saturated carbocycles. The lowest BCUT2D eigenvalue weighted by atomic mass is 9.82. The van der Waals surface area contributed by atoms with E-state index in [1.54, 1.807) is 18.2 Å². The zero-order valence-corrected chi connectivity index (χ0v) is 22.9. The number of aliphatic hydroxyl groups excluding tert-OH is 1. The molecule has 216 valence electrons. The van der Waals surface area contributed by atoms with Gasteiger partial charge in [-0.1, -0.05) is 41.5 Å². The van der Waals surface area contributed by atoms with E-state index in [1.165, 1.54) is 0 Å². The van der Waals surface area contributed by atoms with E-state index in [-0.39, 0.29) is 38.8 Å². The van der Waals surface area contributed by atoms with Crippen LogP contribution in [-0.4, -0.2) is 42.5 Å². The summed E-state index contributed by atoms with van der Waals surface area (Å²) >= 11 is 0. The molecule has 1 amide bonds. The van der Waals surface area contributed by atoms with Crippen LogP contribution in [0.1, 0.15) is 41.2 Å². The number of rotatable bonds is 13. The highest BCUT2D eigenvalue weighted by atomic mass is 16.7. The minimum absolute atomic E-state index is 0.0490. The number of carbonyl (C=O) groups is 1. The first-order chi connectivity index (χ1) is 20.6. The molecule has 3 aromatic carbocycles. The molecule has 5 rings (SSSR count). The van der Waals surface area contributed by atoms with Crippen LogP contribution in [0.3, 0.4) is 0 Å². The average Bonchev–Trinajstić information content (AvgIpc) is 3.65. The van der Waals surface area contributed by atoms with Crippen molar-refractivity contribution in [2.45, 2.75) is 37.6 Å². The highest BCUT2D eigenvalue weighted by molar-refractivity contribution is 6.01. The van der Waals surface area contributed by atoms with Crippen LogP contribution in [0.2, 0.25) is 0 Å². The molecular weight excluding hydrogens is 538 g/mol. The summed E-state index contributed by atoms with van der Waals surface area (Å²) in [7, 11) is 0. The fourth-order valence-electron chi connectivity index (χ4n) is 4.94. The Bertz CT molecular complexity index is 1520. The molecule has 2 atom stereocenters. The summed E-state index contributed by atoms with van der Waals surface area (Å²) < 4.78 is 23.0. The number of aliphatic hydroxyl groups is 1. The quantitative estimate of drug-likeness (QED) is 0.0958. The van der Waals surface area contributed by atoms with Gasteiger partial charge in [0.25, 0.3) is 5.91 Å². The molecule has 2 N–H and O–H groups in total. The summed E-state index contributed by atoms with van der Waals surface area (Å²) in [6, 6.07) is 20.1. The minimum Gasteiger partial charge on any atom is -0.494 e. The van der Waals surface area contributed by atoms with Gasteiger partial charge in [0.2, 0.25) is 12.7 Å². The molecule has 0 aliphatic carbocycles. The molecule has 0 bridgehead atoms. The number of ether oxygens (including phenoxy) is 4. The first-order valence-corrected chi connectivity index (χ1v) is 13.5. The number of benzene rings is 3. The van der Waals surface area contributed by atoms with Crippen molar-refractivity contribution in [3.63, 3.8) is 0 Å². The van der Waals surface area contributed by atoms with Gasteiger partial charge in [-0.15, -0.1) is 6.58 Å². The Labute approximate surface area is 243 Å². The number of hydrogen-bond acceptors (Lipinski definition) is 8. The van der Waals surface area contributed by atoms with Gasteiger partial charge in [0.1, 0.15) is 5.75 Å². The SMILES string of the molecule is C=CC[C@@]1(C(=O)NCc2ccc3c(c2)OCO3)N=C(c2ccc(OCCCO)cc2)O[C@@H]1c1ccccc1CN=[N+]=[N-]. The van der Waals surface area contributed by atoms with E-state index in [0.717, 1.165) is 11.1 Å². The highest BCUT2D eigenvalue weighted by Crippen LogP contribution is 2.44. The van der Waals surface area contributed by atoms with Crippen molar-refractivity contribution >= 4 is 11.8 Å². The number of nitrogens with one attached hydrogen (secondary N) is 1. The molecule has 0 saturated heterocycles. The van der Waals surface area contributed by atoms with Crippen molar-refractivity contribution in [3.05, 3.63) is 112 Å². The lowest BCUT2D eigenvalue weighted by molar-refractivity contribution is -0.129. The largest absolute Gasteiger partial charge is 0.494 e. The summed E-state index contributed by atoms with van der Waals surface area (Å²) in [6.45, 7) is 4.84. The van der Waals surface area contributed by atoms with E-state index < -0.39 is 11.6 Å². The standard InChI is InChI=1S/C31H31N5O6/c1-2-14-31(30(38)33-18-21-8-13-26-27(17-21)41-20-40-26)28(25-7-4-3-6-23(25)19-34-36-32)42-29(35-31)22-9-11-24(12-10-22)39-16-5-15-37/h2-4,6-13,17,28,37H,1,5,14-16,18-20H2,(H,33,38)/t28-,31-/m1/s1. The molecule has 0 fully saturated rings. The number of aliphatic imine (C=N–C) groups is 1. The van der Waals surface area contributed by atoms with Crippen LogP contribution in [0.4, 0.5) is 0 Å². The van der Waals surface area contributed by atoms with Gasteiger partial charge in [0, 0.05) is 36.5 Å². The van der Waals surface area contributed by atoms with Gasteiger partial charge >= 0.3 is 0 Å². The summed E-state index contributed by atoms with van der Waals surface area (Å²) in [5.74, 6) is 1.87. The molecular formula is C31H31N5O6. The maximum atomic E-state index is 14.1. The summed E-state index contributed by atoms with van der Waals surface area (Å²) in [4.78, 5) is 22.0. The molecule has 0 aromatic heterocycles. The Morgan fingerprint density at radius 3 is 2.79 bits per heavy atom. The average molecular weight is 570 g/mol. The first-order valence-electron chi connectivity index (χ1n) is 13.5. The van der Waals surface area contributed by atoms with E-state index >= 15 is 0 Å². The van der Waals surface area contributed by atoms with Gasteiger partial charge in [-0.25, -0.2) is 4.99 Å². The Hall–Kier alpha value is -4.99. The van der Waals surface area contributed by atoms with Gasteiger partial charge in [-0.3, -0.25) is 4.79 Å². The van der Waals surface area contributed by atoms with Crippen LogP contribution >= 0.6 is 0 Å². The highest BCUT2D eigenvalue weighted by Gasteiger charge is 2.52. The first kappa shape index (κ1) is 28.5. The molecule has 0 spiro atoms. The molecule has 2 aliphatic heterocycles. The maximum Gasteiger partial charge on any atom is 0.252 e. The number of amides is 1. The van der Waals surface area contributed by atoms with Gasteiger partial charge in [-0.2, -0.15) is 0 Å². The van der Waals surface area contributed by atoms with E-state index in [9.17, 15) is 4.79 Å². The Morgan fingerprint density at radius 2 is 2.00 bits per heavy atom. The predicted molar refractivity (Wildman–Crippen MR) is 155 cm³/mol. The zero-order chi connectivity index (χ0) is 29.4. The molecule has 11 heteroatoms.